The van der Waals surface area contributed by atoms with Crippen molar-refractivity contribution in [3.63, 3.8) is 0 Å². The fourth-order valence-electron chi connectivity index (χ4n) is 2.78. The second-order valence-electron chi connectivity index (χ2n) is 6.62. The van der Waals surface area contributed by atoms with Gasteiger partial charge >= 0.3 is 6.03 Å². The van der Waals surface area contributed by atoms with E-state index < -0.39 is 15.9 Å². The summed E-state index contributed by atoms with van der Waals surface area (Å²) in [5.41, 5.74) is 1.99. The zero-order chi connectivity index (χ0) is 18.4. The van der Waals surface area contributed by atoms with Gasteiger partial charge in [-0.2, -0.15) is 0 Å². The van der Waals surface area contributed by atoms with Gasteiger partial charge in [-0.3, -0.25) is 0 Å². The van der Waals surface area contributed by atoms with Gasteiger partial charge in [0.25, 0.3) is 0 Å². The number of carbonyl (C=O) groups excluding carboxylic acids is 1. The predicted octanol–water partition coefficient (Wildman–Crippen LogP) is 2.33. The molecule has 2 amide bonds. The summed E-state index contributed by atoms with van der Waals surface area (Å²) in [6.45, 7) is 6.88. The molecule has 0 aliphatic carbocycles. The van der Waals surface area contributed by atoms with Gasteiger partial charge in [0.05, 0.1) is 16.8 Å². The Morgan fingerprint density at radius 1 is 1.32 bits per heavy atom. The van der Waals surface area contributed by atoms with Gasteiger partial charge in [0, 0.05) is 19.2 Å². The zero-order valence-electron chi connectivity index (χ0n) is 15.2. The minimum Gasteiger partial charge on any atom is -0.376 e. The molecule has 1 aromatic carbocycles. The molecule has 1 saturated heterocycles. The summed E-state index contributed by atoms with van der Waals surface area (Å²) in [7, 11) is -3.45. The molecular weight excluding hydrogens is 340 g/mol. The van der Waals surface area contributed by atoms with Crippen molar-refractivity contribution in [3.05, 3.63) is 29.3 Å². The van der Waals surface area contributed by atoms with E-state index in [4.69, 9.17) is 4.74 Å². The lowest BCUT2D eigenvalue weighted by Gasteiger charge is -2.19. The number of hydrogen-bond donors (Lipinski definition) is 2. The summed E-state index contributed by atoms with van der Waals surface area (Å²) in [6, 6.07) is 4.34. The summed E-state index contributed by atoms with van der Waals surface area (Å²) < 4.78 is 30.7. The molecule has 7 heteroatoms. The van der Waals surface area contributed by atoms with Gasteiger partial charge in [-0.1, -0.05) is 13.0 Å². The van der Waals surface area contributed by atoms with E-state index in [1.807, 2.05) is 26.8 Å². The number of amides is 2. The number of carbonyl (C=O) groups is 1. The highest BCUT2D eigenvalue weighted by Crippen LogP contribution is 2.17. The lowest BCUT2D eigenvalue weighted by molar-refractivity contribution is 0.111. The molecule has 6 nitrogen and oxygen atoms in total. The third-order valence-electron chi connectivity index (χ3n) is 4.60. The Morgan fingerprint density at radius 2 is 2.08 bits per heavy atom. The first-order valence-corrected chi connectivity index (χ1v) is 10.4. The highest BCUT2D eigenvalue weighted by atomic mass is 32.2. The number of hydrogen-bond acceptors (Lipinski definition) is 4. The molecule has 1 aromatic rings. The Labute approximate surface area is 150 Å². The number of aryl methyl sites for hydroxylation is 2. The number of nitrogens with one attached hydrogen (secondary N) is 2. The molecule has 0 spiro atoms. The minimum absolute atomic E-state index is 0.0603. The lowest BCUT2D eigenvalue weighted by Crippen LogP contribution is -2.46. The van der Waals surface area contributed by atoms with E-state index in [0.29, 0.717) is 17.9 Å². The van der Waals surface area contributed by atoms with Crippen LogP contribution in [0.3, 0.4) is 0 Å². The molecular formula is C18H28N2O4S. The molecule has 2 rings (SSSR count). The van der Waals surface area contributed by atoms with Crippen LogP contribution in [0.1, 0.15) is 37.3 Å². The Kier molecular flexibility index (Phi) is 6.84. The van der Waals surface area contributed by atoms with E-state index >= 15 is 0 Å². The van der Waals surface area contributed by atoms with Crippen molar-refractivity contribution in [3.8, 4) is 0 Å². The van der Waals surface area contributed by atoms with Crippen molar-refractivity contribution in [2.24, 2.45) is 0 Å². The first-order chi connectivity index (χ1) is 11.8. The molecule has 1 aliphatic heterocycles. The quantitative estimate of drug-likeness (QED) is 0.774. The predicted molar refractivity (Wildman–Crippen MR) is 97.6 cm³/mol. The SMILES string of the molecule is CC[C@H](CS(=O)(=O)c1ccc(C)c(C)c1)NC(=O)NC[C@H]1CCCO1. The Balaban J connectivity index is 1.92. The largest absolute Gasteiger partial charge is 0.376 e. The summed E-state index contributed by atoms with van der Waals surface area (Å²) in [6.07, 6.45) is 2.56. The molecule has 0 aromatic heterocycles. The molecule has 2 atom stereocenters. The van der Waals surface area contributed by atoms with Crippen LogP contribution in [0.5, 0.6) is 0 Å². The number of benzene rings is 1. The Hall–Kier alpha value is -1.60. The third kappa shape index (κ3) is 5.71. The van der Waals surface area contributed by atoms with E-state index in [1.54, 1.807) is 12.1 Å². The van der Waals surface area contributed by atoms with Crippen molar-refractivity contribution < 1.29 is 17.9 Å². The van der Waals surface area contributed by atoms with Crippen LogP contribution in [0.15, 0.2) is 23.1 Å². The van der Waals surface area contributed by atoms with Gasteiger partial charge in [-0.15, -0.1) is 0 Å². The topological polar surface area (TPSA) is 84.5 Å². The van der Waals surface area contributed by atoms with E-state index in [9.17, 15) is 13.2 Å². The van der Waals surface area contributed by atoms with Crippen LogP contribution >= 0.6 is 0 Å². The zero-order valence-corrected chi connectivity index (χ0v) is 16.0. The third-order valence-corrected chi connectivity index (χ3v) is 6.41. The highest BCUT2D eigenvalue weighted by molar-refractivity contribution is 7.91. The average Bonchev–Trinajstić information content (AvgIpc) is 3.08. The second kappa shape index (κ2) is 8.67. The molecule has 1 aliphatic rings. The van der Waals surface area contributed by atoms with Crippen LogP contribution in [0.4, 0.5) is 4.79 Å². The van der Waals surface area contributed by atoms with Crippen LogP contribution in [0, 0.1) is 13.8 Å². The smallest absolute Gasteiger partial charge is 0.315 e. The monoisotopic (exact) mass is 368 g/mol. The van der Waals surface area contributed by atoms with Crippen LogP contribution < -0.4 is 10.6 Å². The van der Waals surface area contributed by atoms with E-state index in [-0.39, 0.29) is 17.9 Å². The van der Waals surface area contributed by atoms with Crippen LogP contribution in [-0.2, 0) is 14.6 Å². The number of sulfone groups is 1. The number of rotatable bonds is 7. The molecule has 1 heterocycles. The second-order valence-corrected chi connectivity index (χ2v) is 8.66. The molecule has 0 saturated carbocycles. The molecule has 2 N–H and O–H groups in total. The maximum atomic E-state index is 12.6. The fraction of sp³-hybridized carbons (Fsp3) is 0.611. The highest BCUT2D eigenvalue weighted by Gasteiger charge is 2.23. The molecule has 0 unspecified atom stereocenters. The molecule has 140 valence electrons. The number of urea groups is 1. The first-order valence-electron chi connectivity index (χ1n) is 8.77. The van der Waals surface area contributed by atoms with Crippen LogP contribution in [0.2, 0.25) is 0 Å². The van der Waals surface area contributed by atoms with Gasteiger partial charge < -0.3 is 15.4 Å². The molecule has 1 fully saturated rings. The number of ether oxygens (including phenoxy) is 1. The van der Waals surface area contributed by atoms with E-state index in [0.717, 1.165) is 30.6 Å². The van der Waals surface area contributed by atoms with E-state index in [1.165, 1.54) is 0 Å². The van der Waals surface area contributed by atoms with Crippen molar-refractivity contribution in [2.45, 2.75) is 57.1 Å². The van der Waals surface area contributed by atoms with Crippen molar-refractivity contribution in [1.82, 2.24) is 10.6 Å². The summed E-state index contributed by atoms with van der Waals surface area (Å²) in [4.78, 5) is 12.3. The van der Waals surface area contributed by atoms with Crippen molar-refractivity contribution >= 4 is 15.9 Å². The van der Waals surface area contributed by atoms with Gasteiger partial charge in [-0.25, -0.2) is 13.2 Å². The molecule has 0 bridgehead atoms. The van der Waals surface area contributed by atoms with Gasteiger partial charge in [-0.05, 0) is 56.4 Å². The summed E-state index contributed by atoms with van der Waals surface area (Å²) in [5.74, 6) is -0.112. The van der Waals surface area contributed by atoms with E-state index in [2.05, 4.69) is 10.6 Å². The van der Waals surface area contributed by atoms with Gasteiger partial charge in [0.2, 0.25) is 0 Å². The standard InChI is InChI=1S/C18H28N2O4S/c1-4-15(20-18(21)19-11-16-6-5-9-24-16)12-25(22,23)17-8-7-13(2)14(3)10-17/h7-8,10,15-16H,4-6,9,11-12H2,1-3H3,(H2,19,20,21)/t15-,16-/m1/s1. The van der Waals surface area contributed by atoms with Crippen LogP contribution in [-0.4, -0.2) is 45.5 Å². The van der Waals surface area contributed by atoms with Gasteiger partial charge in [0.1, 0.15) is 0 Å². The Morgan fingerprint density at radius 3 is 2.68 bits per heavy atom. The van der Waals surface area contributed by atoms with Crippen molar-refractivity contribution in [1.29, 1.82) is 0 Å². The fourth-order valence-corrected chi connectivity index (χ4v) is 4.45. The maximum Gasteiger partial charge on any atom is 0.315 e. The lowest BCUT2D eigenvalue weighted by atomic mass is 10.1. The summed E-state index contributed by atoms with van der Waals surface area (Å²) in [5, 5.41) is 5.52. The van der Waals surface area contributed by atoms with Crippen LogP contribution in [0.25, 0.3) is 0 Å². The molecule has 25 heavy (non-hydrogen) atoms. The van der Waals surface area contributed by atoms with Gasteiger partial charge in [0.15, 0.2) is 9.84 Å². The first kappa shape index (κ1) is 19.7. The maximum absolute atomic E-state index is 12.6. The normalized spacial score (nSPS) is 18.8. The average molecular weight is 368 g/mol. The molecule has 0 radical (unpaired) electrons. The minimum atomic E-state index is -3.45. The Bertz CT molecular complexity index is 697. The van der Waals surface area contributed by atoms with Crippen molar-refractivity contribution in [2.75, 3.05) is 18.9 Å². The summed E-state index contributed by atoms with van der Waals surface area (Å²) >= 11 is 0.